The summed E-state index contributed by atoms with van der Waals surface area (Å²) in [6.45, 7) is 2.66. The van der Waals surface area contributed by atoms with Crippen molar-refractivity contribution >= 4 is 11.6 Å². The molecule has 0 spiro atoms. The minimum Gasteiger partial charge on any atom is -0.370 e. The zero-order valence-electron chi connectivity index (χ0n) is 14.9. The summed E-state index contributed by atoms with van der Waals surface area (Å²) in [5.74, 6) is -0.881. The molecule has 0 radical (unpaired) electrons. The topological polar surface area (TPSA) is 66.9 Å². The van der Waals surface area contributed by atoms with Gasteiger partial charge in [-0.3, -0.25) is 10.00 Å². The van der Waals surface area contributed by atoms with Gasteiger partial charge in [0.05, 0.1) is 23.4 Å². The number of halogens is 3. The van der Waals surface area contributed by atoms with Gasteiger partial charge >= 0.3 is 0 Å². The van der Waals surface area contributed by atoms with Crippen LogP contribution in [0, 0.1) is 11.8 Å². The van der Waals surface area contributed by atoms with Gasteiger partial charge in [0.2, 0.25) is 5.95 Å². The van der Waals surface area contributed by atoms with E-state index in [0.29, 0.717) is 30.1 Å². The summed E-state index contributed by atoms with van der Waals surface area (Å²) >= 11 is 6.13. The molecule has 1 fully saturated rings. The van der Waals surface area contributed by atoms with E-state index < -0.39 is 11.8 Å². The van der Waals surface area contributed by atoms with Crippen LogP contribution in [0.25, 0.3) is 11.3 Å². The third kappa shape index (κ3) is 4.35. The Morgan fingerprint density at radius 3 is 2.93 bits per heavy atom. The molecular formula is C19H18ClF2N5O. The number of pyridine rings is 1. The Hall–Kier alpha value is -2.42. The van der Waals surface area contributed by atoms with Crippen LogP contribution in [0.3, 0.4) is 0 Å². The lowest BCUT2D eigenvalue weighted by molar-refractivity contribution is 0.0445. The van der Waals surface area contributed by atoms with Crippen molar-refractivity contribution in [3.63, 3.8) is 0 Å². The van der Waals surface area contributed by atoms with Gasteiger partial charge in [0.1, 0.15) is 11.5 Å². The second-order valence-corrected chi connectivity index (χ2v) is 7.12. The van der Waals surface area contributed by atoms with Gasteiger partial charge in [0, 0.05) is 31.4 Å². The molecule has 4 rings (SSSR count). The van der Waals surface area contributed by atoms with Crippen LogP contribution in [-0.4, -0.2) is 44.5 Å². The van der Waals surface area contributed by atoms with E-state index in [2.05, 4.69) is 25.3 Å². The summed E-state index contributed by atoms with van der Waals surface area (Å²) in [6.07, 6.45) is 2.51. The van der Waals surface area contributed by atoms with Gasteiger partial charge in [0.25, 0.3) is 0 Å². The van der Waals surface area contributed by atoms with Gasteiger partial charge < -0.3 is 4.74 Å². The molecule has 1 aliphatic heterocycles. The summed E-state index contributed by atoms with van der Waals surface area (Å²) in [5, 5.41) is 11.0. The van der Waals surface area contributed by atoms with E-state index in [0.717, 1.165) is 25.1 Å². The van der Waals surface area contributed by atoms with E-state index in [4.69, 9.17) is 16.3 Å². The first-order chi connectivity index (χ1) is 13.6. The van der Waals surface area contributed by atoms with Crippen molar-refractivity contribution in [1.29, 1.82) is 0 Å². The maximum Gasteiger partial charge on any atom is 0.212 e. The largest absolute Gasteiger partial charge is 0.370 e. The number of benzene rings is 1. The Labute approximate surface area is 165 Å². The maximum absolute atomic E-state index is 13.3. The standard InChI is InChI=1S/C19H18ClF2N5O/c20-16-7-13(21)2-3-15(16)19-17(24-26-25-19)11-28-14-5-6-27(10-14)9-12-1-4-18(22)23-8-12/h1-4,7-8,14H,5-6,9-11H2,(H,24,25,26). The second-order valence-electron chi connectivity index (χ2n) is 6.71. The van der Waals surface area contributed by atoms with Crippen molar-refractivity contribution < 1.29 is 13.5 Å². The van der Waals surface area contributed by atoms with Crippen molar-refractivity contribution in [1.82, 2.24) is 25.3 Å². The van der Waals surface area contributed by atoms with Crippen LogP contribution in [0.15, 0.2) is 36.5 Å². The van der Waals surface area contributed by atoms with Gasteiger partial charge in [-0.05, 0) is 36.2 Å². The number of aromatic amines is 1. The molecule has 1 atom stereocenters. The van der Waals surface area contributed by atoms with Gasteiger partial charge in [-0.15, -0.1) is 5.10 Å². The number of likely N-dealkylation sites (tertiary alicyclic amines) is 1. The van der Waals surface area contributed by atoms with Gasteiger partial charge in [-0.1, -0.05) is 22.9 Å². The highest BCUT2D eigenvalue weighted by atomic mass is 35.5. The third-order valence-corrected chi connectivity index (χ3v) is 5.01. The molecule has 3 heterocycles. The Balaban J connectivity index is 1.34. The van der Waals surface area contributed by atoms with Crippen molar-refractivity contribution in [3.05, 3.63) is 64.6 Å². The van der Waals surface area contributed by atoms with Crippen LogP contribution in [0.4, 0.5) is 8.78 Å². The average molecular weight is 406 g/mol. The highest BCUT2D eigenvalue weighted by molar-refractivity contribution is 6.33. The summed E-state index contributed by atoms with van der Waals surface area (Å²) in [5.41, 5.74) is 2.81. The number of nitrogens with zero attached hydrogens (tertiary/aromatic N) is 4. The van der Waals surface area contributed by atoms with Crippen molar-refractivity contribution in [2.24, 2.45) is 0 Å². The zero-order chi connectivity index (χ0) is 19.5. The fourth-order valence-corrected chi connectivity index (χ4v) is 3.54. The Kier molecular flexibility index (Phi) is 5.61. The summed E-state index contributed by atoms with van der Waals surface area (Å²) < 4.78 is 32.2. The molecule has 0 amide bonds. The number of ether oxygens (including phenoxy) is 1. The van der Waals surface area contributed by atoms with Crippen LogP contribution in [0.5, 0.6) is 0 Å². The minimum absolute atomic E-state index is 0.0632. The van der Waals surface area contributed by atoms with Crippen LogP contribution in [0.1, 0.15) is 17.7 Å². The average Bonchev–Trinajstić information content (AvgIpc) is 3.31. The van der Waals surface area contributed by atoms with Crippen molar-refractivity contribution in [2.45, 2.75) is 25.7 Å². The maximum atomic E-state index is 13.3. The Morgan fingerprint density at radius 2 is 2.14 bits per heavy atom. The van der Waals surface area contributed by atoms with Gasteiger partial charge in [-0.2, -0.15) is 4.39 Å². The second kappa shape index (κ2) is 8.30. The lowest BCUT2D eigenvalue weighted by atomic mass is 10.1. The third-order valence-electron chi connectivity index (χ3n) is 4.69. The van der Waals surface area contributed by atoms with E-state index in [1.54, 1.807) is 18.3 Å². The molecule has 9 heteroatoms. The normalized spacial score (nSPS) is 17.3. The quantitative estimate of drug-likeness (QED) is 0.635. The summed E-state index contributed by atoms with van der Waals surface area (Å²) in [4.78, 5) is 5.92. The molecule has 1 aliphatic rings. The lowest BCUT2D eigenvalue weighted by Crippen LogP contribution is -2.23. The molecule has 0 aliphatic carbocycles. The molecular weight excluding hydrogens is 388 g/mol. The summed E-state index contributed by atoms with van der Waals surface area (Å²) in [6, 6.07) is 7.26. The van der Waals surface area contributed by atoms with E-state index in [1.807, 2.05) is 0 Å². The van der Waals surface area contributed by atoms with Crippen LogP contribution in [-0.2, 0) is 17.9 Å². The SMILES string of the molecule is Fc1ccc(-c2nn[nH]c2COC2CCN(Cc3ccc(F)nc3)C2)c(Cl)c1. The molecule has 146 valence electrons. The van der Waals surface area contributed by atoms with E-state index in [-0.39, 0.29) is 11.1 Å². The first kappa shape index (κ1) is 18.9. The lowest BCUT2D eigenvalue weighted by Gasteiger charge is -2.16. The highest BCUT2D eigenvalue weighted by Gasteiger charge is 2.24. The monoisotopic (exact) mass is 405 g/mol. The minimum atomic E-state index is -0.475. The molecule has 28 heavy (non-hydrogen) atoms. The smallest absolute Gasteiger partial charge is 0.212 e. The Morgan fingerprint density at radius 1 is 1.25 bits per heavy atom. The predicted molar refractivity (Wildman–Crippen MR) is 99.5 cm³/mol. The number of hydrogen-bond acceptors (Lipinski definition) is 5. The van der Waals surface area contributed by atoms with Crippen LogP contribution >= 0.6 is 11.6 Å². The number of aromatic nitrogens is 4. The van der Waals surface area contributed by atoms with Gasteiger partial charge in [-0.25, -0.2) is 9.37 Å². The fourth-order valence-electron chi connectivity index (χ4n) is 3.28. The fraction of sp³-hybridized carbons (Fsp3) is 0.316. The van der Waals surface area contributed by atoms with Crippen LogP contribution < -0.4 is 0 Å². The number of nitrogens with one attached hydrogen (secondary N) is 1. The Bertz CT molecular complexity index is 950. The molecule has 6 nitrogen and oxygen atoms in total. The van der Waals surface area contributed by atoms with E-state index in [9.17, 15) is 8.78 Å². The van der Waals surface area contributed by atoms with Crippen molar-refractivity contribution in [3.8, 4) is 11.3 Å². The zero-order valence-corrected chi connectivity index (χ0v) is 15.7. The number of rotatable bonds is 6. The first-order valence-electron chi connectivity index (χ1n) is 8.88. The molecule has 2 aromatic heterocycles. The molecule has 0 saturated carbocycles. The summed E-state index contributed by atoms with van der Waals surface area (Å²) in [7, 11) is 0. The number of H-pyrrole nitrogens is 1. The molecule has 3 aromatic rings. The molecule has 1 aromatic carbocycles. The van der Waals surface area contributed by atoms with Gasteiger partial charge in [0.15, 0.2) is 0 Å². The van der Waals surface area contributed by atoms with Crippen LogP contribution in [0.2, 0.25) is 5.02 Å². The predicted octanol–water partition coefficient (Wildman–Crippen LogP) is 3.59. The van der Waals surface area contributed by atoms with E-state index in [1.165, 1.54) is 18.2 Å². The molecule has 1 unspecified atom stereocenters. The first-order valence-corrected chi connectivity index (χ1v) is 9.26. The molecule has 0 bridgehead atoms. The highest BCUT2D eigenvalue weighted by Crippen LogP contribution is 2.29. The molecule has 1 N–H and O–H groups in total. The van der Waals surface area contributed by atoms with E-state index >= 15 is 0 Å². The number of hydrogen-bond donors (Lipinski definition) is 1. The molecule has 1 saturated heterocycles. The van der Waals surface area contributed by atoms with Crippen molar-refractivity contribution in [2.75, 3.05) is 13.1 Å².